The molecule has 0 bridgehead atoms. The maximum absolute atomic E-state index is 13.8. The maximum Gasteiger partial charge on any atom is 0.248 e. The molecule has 3 aromatic rings. The van der Waals surface area contributed by atoms with Gasteiger partial charge in [-0.25, -0.2) is 4.39 Å². The van der Waals surface area contributed by atoms with Gasteiger partial charge in [0.15, 0.2) is 0 Å². The fraction of sp³-hybridized carbons (Fsp3) is 0.292. The number of hydrogen-bond donors (Lipinski definition) is 1. The lowest BCUT2D eigenvalue weighted by atomic mass is 9.76. The SMILES string of the molecule is NC(=O)c1ccc2c(c1)N=C(C1CCC(c3ccnc4ccc(F)cc34)CC1)C2. The summed E-state index contributed by atoms with van der Waals surface area (Å²) in [6, 6.07) is 12.4. The molecule has 0 atom stereocenters. The molecule has 2 N–H and O–H groups in total. The van der Waals surface area contributed by atoms with Gasteiger partial charge in [-0.15, -0.1) is 0 Å². The van der Waals surface area contributed by atoms with E-state index in [9.17, 15) is 9.18 Å². The summed E-state index contributed by atoms with van der Waals surface area (Å²) in [5.74, 6) is 0.247. The highest BCUT2D eigenvalue weighted by atomic mass is 19.1. The van der Waals surface area contributed by atoms with Crippen molar-refractivity contribution in [3.8, 4) is 0 Å². The van der Waals surface area contributed by atoms with Crippen molar-refractivity contribution in [3.63, 3.8) is 0 Å². The first-order valence-electron chi connectivity index (χ1n) is 10.1. The van der Waals surface area contributed by atoms with Gasteiger partial charge in [0.25, 0.3) is 0 Å². The molecule has 1 amide bonds. The molecular weight excluding hydrogens is 365 g/mol. The second-order valence-electron chi connectivity index (χ2n) is 8.10. The minimum absolute atomic E-state index is 0.214. The molecule has 2 aliphatic rings. The smallest absolute Gasteiger partial charge is 0.248 e. The van der Waals surface area contributed by atoms with Gasteiger partial charge in [-0.1, -0.05) is 6.07 Å². The third kappa shape index (κ3) is 3.31. The van der Waals surface area contributed by atoms with Crippen molar-refractivity contribution in [2.45, 2.75) is 38.0 Å². The molecule has 1 fully saturated rings. The molecule has 4 nitrogen and oxygen atoms in total. The van der Waals surface area contributed by atoms with Crippen molar-refractivity contribution in [1.82, 2.24) is 4.98 Å². The van der Waals surface area contributed by atoms with Gasteiger partial charge in [0.1, 0.15) is 5.82 Å². The Hall–Kier alpha value is -3.08. The first-order chi connectivity index (χ1) is 14.1. The Morgan fingerprint density at radius 3 is 2.59 bits per heavy atom. The van der Waals surface area contributed by atoms with Gasteiger partial charge in [0.2, 0.25) is 5.91 Å². The number of carbonyl (C=O) groups is 1. The van der Waals surface area contributed by atoms with Gasteiger partial charge in [0, 0.05) is 29.3 Å². The van der Waals surface area contributed by atoms with Crippen LogP contribution < -0.4 is 5.73 Å². The van der Waals surface area contributed by atoms with E-state index in [4.69, 9.17) is 10.7 Å². The van der Waals surface area contributed by atoms with E-state index < -0.39 is 5.91 Å². The highest BCUT2D eigenvalue weighted by Crippen LogP contribution is 2.41. The standard InChI is InChI=1S/C24H22FN3O/c25-18-7-8-21-20(13-18)19(9-10-27-21)14-1-3-15(4-2-14)22-11-16-5-6-17(24(26)29)12-23(16)28-22/h5-10,12-15H,1-4,11H2,(H2,26,29). The molecule has 1 saturated carbocycles. The van der Waals surface area contributed by atoms with Crippen LogP contribution in [-0.2, 0) is 6.42 Å². The van der Waals surface area contributed by atoms with Crippen LogP contribution in [0.2, 0.25) is 0 Å². The highest BCUT2D eigenvalue weighted by molar-refractivity contribution is 5.98. The predicted molar refractivity (Wildman–Crippen MR) is 112 cm³/mol. The van der Waals surface area contributed by atoms with E-state index >= 15 is 0 Å². The fourth-order valence-electron chi connectivity index (χ4n) is 4.83. The van der Waals surface area contributed by atoms with Gasteiger partial charge in [-0.3, -0.25) is 14.8 Å². The summed E-state index contributed by atoms with van der Waals surface area (Å²) in [6.45, 7) is 0. The van der Waals surface area contributed by atoms with Gasteiger partial charge in [0.05, 0.1) is 11.2 Å². The summed E-state index contributed by atoms with van der Waals surface area (Å²) in [5.41, 5.74) is 11.2. The summed E-state index contributed by atoms with van der Waals surface area (Å²) in [5, 5.41) is 0.931. The first-order valence-corrected chi connectivity index (χ1v) is 10.1. The average molecular weight is 387 g/mol. The van der Waals surface area contributed by atoms with Crippen LogP contribution in [0.4, 0.5) is 10.1 Å². The molecule has 2 aromatic carbocycles. The highest BCUT2D eigenvalue weighted by Gasteiger charge is 2.29. The Bertz CT molecular complexity index is 1150. The van der Waals surface area contributed by atoms with Crippen molar-refractivity contribution >= 4 is 28.2 Å². The number of fused-ring (bicyclic) bond motifs is 2. The Balaban J connectivity index is 1.33. The summed E-state index contributed by atoms with van der Waals surface area (Å²) < 4.78 is 13.8. The number of aromatic nitrogens is 1. The lowest BCUT2D eigenvalue weighted by Crippen LogP contribution is -2.21. The minimum atomic E-state index is -0.419. The van der Waals surface area contributed by atoms with E-state index in [1.54, 1.807) is 24.3 Å². The zero-order valence-corrected chi connectivity index (χ0v) is 16.1. The number of primary amides is 1. The monoisotopic (exact) mass is 387 g/mol. The number of hydrogen-bond acceptors (Lipinski definition) is 3. The molecule has 5 rings (SSSR count). The number of amides is 1. The number of nitrogens with zero attached hydrogens (tertiary/aromatic N) is 2. The summed E-state index contributed by atoms with van der Waals surface area (Å²) in [7, 11) is 0. The van der Waals surface area contributed by atoms with Crippen molar-refractivity contribution in [1.29, 1.82) is 0 Å². The first kappa shape index (κ1) is 18.0. The van der Waals surface area contributed by atoms with E-state index in [1.165, 1.54) is 22.9 Å². The van der Waals surface area contributed by atoms with Crippen LogP contribution >= 0.6 is 0 Å². The third-order valence-electron chi connectivity index (χ3n) is 6.38. The molecular formula is C24H22FN3O. The van der Waals surface area contributed by atoms with E-state index in [0.29, 0.717) is 17.4 Å². The number of pyridine rings is 1. The van der Waals surface area contributed by atoms with Crippen LogP contribution in [0.5, 0.6) is 0 Å². The Kier molecular flexibility index (Phi) is 4.38. The fourth-order valence-corrected chi connectivity index (χ4v) is 4.83. The minimum Gasteiger partial charge on any atom is -0.366 e. The second-order valence-corrected chi connectivity index (χ2v) is 8.10. The van der Waals surface area contributed by atoms with E-state index in [2.05, 4.69) is 4.98 Å². The lowest BCUT2D eigenvalue weighted by Gasteiger charge is -2.29. The summed E-state index contributed by atoms with van der Waals surface area (Å²) >= 11 is 0. The molecule has 5 heteroatoms. The van der Waals surface area contributed by atoms with Crippen LogP contribution in [0.15, 0.2) is 53.7 Å². The van der Waals surface area contributed by atoms with Crippen molar-refractivity contribution in [3.05, 3.63) is 71.2 Å². The molecule has 0 saturated heterocycles. The second kappa shape index (κ2) is 7.07. The van der Waals surface area contributed by atoms with Crippen LogP contribution in [0.1, 0.15) is 53.1 Å². The average Bonchev–Trinajstić information content (AvgIpc) is 3.17. The molecule has 0 spiro atoms. The van der Waals surface area contributed by atoms with Gasteiger partial charge < -0.3 is 5.73 Å². The van der Waals surface area contributed by atoms with Crippen LogP contribution in [0.3, 0.4) is 0 Å². The molecule has 29 heavy (non-hydrogen) atoms. The normalized spacial score (nSPS) is 21.1. The number of aliphatic imine (C=N–C) groups is 1. The largest absolute Gasteiger partial charge is 0.366 e. The Labute approximate surface area is 168 Å². The van der Waals surface area contributed by atoms with E-state index in [0.717, 1.165) is 48.7 Å². The number of nitrogens with two attached hydrogens (primary N) is 1. The van der Waals surface area contributed by atoms with Gasteiger partial charge in [-0.05, 0) is 85.0 Å². The van der Waals surface area contributed by atoms with Crippen LogP contribution in [0, 0.1) is 11.7 Å². The van der Waals surface area contributed by atoms with Crippen LogP contribution in [0.25, 0.3) is 10.9 Å². The molecule has 1 aromatic heterocycles. The predicted octanol–water partition coefficient (Wildman–Crippen LogP) is 5.08. The van der Waals surface area contributed by atoms with Crippen molar-refractivity contribution in [2.24, 2.45) is 16.6 Å². The van der Waals surface area contributed by atoms with Gasteiger partial charge in [-0.2, -0.15) is 0 Å². The molecule has 1 aliphatic carbocycles. The number of carbonyl (C=O) groups excluding carboxylic acids is 1. The van der Waals surface area contributed by atoms with E-state index in [-0.39, 0.29) is 5.82 Å². The van der Waals surface area contributed by atoms with Gasteiger partial charge >= 0.3 is 0 Å². The molecule has 2 heterocycles. The Morgan fingerprint density at radius 2 is 1.79 bits per heavy atom. The molecule has 146 valence electrons. The number of halogens is 1. The zero-order chi connectivity index (χ0) is 20.0. The topological polar surface area (TPSA) is 68.3 Å². The zero-order valence-electron chi connectivity index (χ0n) is 16.1. The summed E-state index contributed by atoms with van der Waals surface area (Å²) in [4.78, 5) is 20.6. The third-order valence-corrected chi connectivity index (χ3v) is 6.38. The summed E-state index contributed by atoms with van der Waals surface area (Å²) in [6.07, 6.45) is 6.94. The number of benzene rings is 2. The molecule has 1 aliphatic heterocycles. The lowest BCUT2D eigenvalue weighted by molar-refractivity contribution is 0.100. The molecule has 0 radical (unpaired) electrons. The quantitative estimate of drug-likeness (QED) is 0.681. The van der Waals surface area contributed by atoms with E-state index in [1.807, 2.05) is 18.3 Å². The number of rotatable bonds is 3. The molecule has 0 unspecified atom stereocenters. The Morgan fingerprint density at radius 1 is 1.00 bits per heavy atom. The van der Waals surface area contributed by atoms with Crippen molar-refractivity contribution < 1.29 is 9.18 Å². The van der Waals surface area contributed by atoms with Crippen LogP contribution in [-0.4, -0.2) is 16.6 Å². The van der Waals surface area contributed by atoms with Crippen molar-refractivity contribution in [2.75, 3.05) is 0 Å². The maximum atomic E-state index is 13.8.